The van der Waals surface area contributed by atoms with Gasteiger partial charge < -0.3 is 5.32 Å². The van der Waals surface area contributed by atoms with Gasteiger partial charge in [-0.25, -0.2) is 8.42 Å². The first kappa shape index (κ1) is 17.6. The summed E-state index contributed by atoms with van der Waals surface area (Å²) >= 11 is 0. The predicted octanol–water partition coefficient (Wildman–Crippen LogP) is 3.95. The molecule has 8 heteroatoms. The van der Waals surface area contributed by atoms with Crippen LogP contribution in [0.4, 0.5) is 24.5 Å². The number of hydrogen-bond donors (Lipinski definition) is 2. The summed E-state index contributed by atoms with van der Waals surface area (Å²) in [6.45, 7) is -1.25. The number of benzene rings is 2. The molecule has 25 heavy (non-hydrogen) atoms. The van der Waals surface area contributed by atoms with Gasteiger partial charge in [-0.3, -0.25) is 4.72 Å². The molecule has 0 amide bonds. The molecule has 0 heterocycles. The molecule has 0 bridgehead atoms. The zero-order valence-corrected chi connectivity index (χ0v) is 14.0. The Morgan fingerprint density at radius 1 is 0.960 bits per heavy atom. The Morgan fingerprint density at radius 2 is 1.64 bits per heavy atom. The average Bonchev–Trinajstić information content (AvgIpc) is 3.00. The van der Waals surface area contributed by atoms with Crippen molar-refractivity contribution >= 4 is 21.4 Å². The maximum atomic E-state index is 12.6. The summed E-state index contributed by atoms with van der Waals surface area (Å²) in [5.74, 6) is 0. The summed E-state index contributed by atoms with van der Waals surface area (Å²) in [6.07, 6.45) is -1.63. The summed E-state index contributed by atoms with van der Waals surface area (Å²) in [4.78, 5) is 0.110. The third kappa shape index (κ3) is 4.25. The third-order valence-electron chi connectivity index (χ3n) is 4.03. The third-order valence-corrected chi connectivity index (χ3v) is 5.39. The number of halogens is 3. The zero-order valence-electron chi connectivity index (χ0n) is 13.2. The summed E-state index contributed by atoms with van der Waals surface area (Å²) in [5.41, 5.74) is 2.30. The van der Waals surface area contributed by atoms with E-state index in [-0.39, 0.29) is 16.3 Å². The van der Waals surface area contributed by atoms with Gasteiger partial charge in [-0.2, -0.15) is 13.2 Å². The van der Waals surface area contributed by atoms with E-state index in [0.717, 1.165) is 30.4 Å². The lowest BCUT2D eigenvalue weighted by Gasteiger charge is -2.15. The number of fused-ring (bicyclic) bond motifs is 1. The van der Waals surface area contributed by atoms with Crippen LogP contribution in [0.25, 0.3) is 0 Å². The molecule has 3 rings (SSSR count). The van der Waals surface area contributed by atoms with Gasteiger partial charge in [0.15, 0.2) is 0 Å². The van der Waals surface area contributed by atoms with Crippen LogP contribution >= 0.6 is 0 Å². The fourth-order valence-corrected chi connectivity index (χ4v) is 3.97. The number of alkyl halides is 3. The number of para-hydroxylation sites is 2. The molecule has 0 spiro atoms. The number of rotatable bonds is 5. The lowest BCUT2D eigenvalue weighted by atomic mass is 10.1. The van der Waals surface area contributed by atoms with Crippen molar-refractivity contribution in [3.05, 3.63) is 53.6 Å². The van der Waals surface area contributed by atoms with E-state index < -0.39 is 22.7 Å². The zero-order chi connectivity index (χ0) is 18.1. The van der Waals surface area contributed by atoms with Crippen LogP contribution in [0.15, 0.2) is 47.4 Å². The van der Waals surface area contributed by atoms with E-state index in [9.17, 15) is 21.6 Å². The van der Waals surface area contributed by atoms with E-state index >= 15 is 0 Å². The molecule has 0 radical (unpaired) electrons. The Kier molecular flexibility index (Phi) is 4.64. The first-order chi connectivity index (χ1) is 11.7. The Labute approximate surface area is 144 Å². The van der Waals surface area contributed by atoms with Crippen molar-refractivity contribution in [3.63, 3.8) is 0 Å². The predicted molar refractivity (Wildman–Crippen MR) is 90.3 cm³/mol. The summed E-state index contributed by atoms with van der Waals surface area (Å²) in [5, 5.41) is 2.22. The van der Waals surface area contributed by atoms with Crippen LogP contribution in [0.3, 0.4) is 0 Å². The van der Waals surface area contributed by atoms with Crippen molar-refractivity contribution in [2.75, 3.05) is 16.6 Å². The van der Waals surface area contributed by atoms with Crippen LogP contribution in [0.2, 0.25) is 0 Å². The standard InChI is InChI=1S/C17H17F3N2O2S/c18-17(19,20)11-21-15-6-1-2-7-16(15)22-25(23,24)14-9-8-12-4-3-5-13(12)10-14/h1-2,6-10,21-22H,3-5,11H2. The number of nitrogens with one attached hydrogen (secondary N) is 2. The van der Waals surface area contributed by atoms with E-state index in [0.29, 0.717) is 0 Å². The fourth-order valence-electron chi connectivity index (χ4n) is 2.84. The van der Waals surface area contributed by atoms with Gasteiger partial charge in [0, 0.05) is 0 Å². The van der Waals surface area contributed by atoms with Gasteiger partial charge in [0.05, 0.1) is 16.3 Å². The largest absolute Gasteiger partial charge is 0.405 e. The van der Waals surface area contributed by atoms with Gasteiger partial charge in [-0.15, -0.1) is 0 Å². The van der Waals surface area contributed by atoms with Gasteiger partial charge in [0.2, 0.25) is 0 Å². The highest BCUT2D eigenvalue weighted by Gasteiger charge is 2.27. The average molecular weight is 370 g/mol. The molecule has 134 valence electrons. The van der Waals surface area contributed by atoms with Crippen molar-refractivity contribution in [1.29, 1.82) is 0 Å². The van der Waals surface area contributed by atoms with Crippen molar-refractivity contribution < 1.29 is 21.6 Å². The molecular weight excluding hydrogens is 353 g/mol. The molecule has 4 nitrogen and oxygen atoms in total. The molecule has 0 atom stereocenters. The van der Waals surface area contributed by atoms with Crippen LogP contribution in [-0.4, -0.2) is 21.1 Å². The Morgan fingerprint density at radius 3 is 2.36 bits per heavy atom. The Balaban J connectivity index is 1.84. The van der Waals surface area contributed by atoms with Crippen LogP contribution in [0.5, 0.6) is 0 Å². The highest BCUT2D eigenvalue weighted by Crippen LogP contribution is 2.28. The van der Waals surface area contributed by atoms with Gasteiger partial charge in [0.1, 0.15) is 6.54 Å². The number of sulfonamides is 1. The van der Waals surface area contributed by atoms with Crippen LogP contribution in [0, 0.1) is 0 Å². The second-order valence-corrected chi connectivity index (χ2v) is 7.59. The normalized spacial score (nSPS) is 14.2. The quantitative estimate of drug-likeness (QED) is 0.838. The highest BCUT2D eigenvalue weighted by atomic mass is 32.2. The minimum absolute atomic E-state index is 0.0737. The topological polar surface area (TPSA) is 58.2 Å². The maximum absolute atomic E-state index is 12.6. The number of hydrogen-bond acceptors (Lipinski definition) is 3. The Hall–Kier alpha value is -2.22. The highest BCUT2D eigenvalue weighted by molar-refractivity contribution is 7.92. The van der Waals surface area contributed by atoms with Crippen LogP contribution < -0.4 is 10.0 Å². The second kappa shape index (κ2) is 6.59. The molecule has 0 saturated heterocycles. The molecule has 0 fully saturated rings. The smallest absolute Gasteiger partial charge is 0.375 e. The van der Waals surface area contributed by atoms with Crippen molar-refractivity contribution in [3.8, 4) is 0 Å². The first-order valence-corrected chi connectivity index (χ1v) is 9.27. The summed E-state index contributed by atoms with van der Waals surface area (Å²) < 4.78 is 64.8. The molecule has 0 aliphatic heterocycles. The SMILES string of the molecule is O=S(=O)(Nc1ccccc1NCC(F)(F)F)c1ccc2c(c1)CCC2. The van der Waals surface area contributed by atoms with Gasteiger partial charge >= 0.3 is 6.18 Å². The Bertz CT molecular complexity index is 880. The van der Waals surface area contributed by atoms with E-state index in [2.05, 4.69) is 10.0 Å². The van der Waals surface area contributed by atoms with E-state index in [1.807, 2.05) is 0 Å². The lowest BCUT2D eigenvalue weighted by Crippen LogP contribution is -2.22. The molecule has 1 aliphatic carbocycles. The van der Waals surface area contributed by atoms with Gasteiger partial charge in [-0.1, -0.05) is 18.2 Å². The monoisotopic (exact) mass is 370 g/mol. The number of anilines is 2. The minimum atomic E-state index is -4.40. The van der Waals surface area contributed by atoms with E-state index in [4.69, 9.17) is 0 Å². The molecule has 0 unspecified atom stereocenters. The lowest BCUT2D eigenvalue weighted by molar-refractivity contribution is -0.115. The molecule has 1 aliphatic rings. The van der Waals surface area contributed by atoms with Crippen LogP contribution in [0.1, 0.15) is 17.5 Å². The molecule has 0 aromatic heterocycles. The molecule has 2 aromatic carbocycles. The fraction of sp³-hybridized carbons (Fsp3) is 0.294. The van der Waals surface area contributed by atoms with E-state index in [1.54, 1.807) is 18.2 Å². The molecule has 0 saturated carbocycles. The maximum Gasteiger partial charge on any atom is 0.405 e. The summed E-state index contributed by atoms with van der Waals surface area (Å²) in [7, 11) is -3.88. The van der Waals surface area contributed by atoms with Crippen molar-refractivity contribution in [1.82, 2.24) is 0 Å². The molecule has 2 aromatic rings. The van der Waals surface area contributed by atoms with Gasteiger partial charge in [-0.05, 0) is 54.7 Å². The van der Waals surface area contributed by atoms with Crippen molar-refractivity contribution in [2.45, 2.75) is 30.3 Å². The molecule has 2 N–H and O–H groups in total. The molecular formula is C17H17F3N2O2S. The first-order valence-electron chi connectivity index (χ1n) is 7.79. The van der Waals surface area contributed by atoms with E-state index in [1.165, 1.54) is 24.3 Å². The van der Waals surface area contributed by atoms with Crippen molar-refractivity contribution in [2.24, 2.45) is 0 Å². The second-order valence-electron chi connectivity index (χ2n) is 5.90. The van der Waals surface area contributed by atoms with Crippen LogP contribution in [-0.2, 0) is 22.9 Å². The number of aryl methyl sites for hydroxylation is 2. The summed E-state index contributed by atoms with van der Waals surface area (Å²) in [6, 6.07) is 10.9. The minimum Gasteiger partial charge on any atom is -0.375 e. The van der Waals surface area contributed by atoms with Gasteiger partial charge in [0.25, 0.3) is 10.0 Å².